The van der Waals surface area contributed by atoms with Gasteiger partial charge < -0.3 is 70.6 Å². The first kappa shape index (κ1) is 77.4. The zero-order valence-electron chi connectivity index (χ0n) is 52.4. The number of aliphatic hydroxyl groups excluding tert-OH is 8. The molecular formula is C56H90IN9O21P4. The minimum Gasteiger partial charge on any atom is -0.502 e. The molecule has 91 heavy (non-hydrogen) atoms. The number of aromatic hydroxyl groups is 1. The molecule has 15 N–H and O–H groups in total. The van der Waals surface area contributed by atoms with E-state index >= 15 is 0 Å². The Hall–Kier alpha value is -4.33. The largest absolute Gasteiger partial charge is 0.502 e. The molecule has 16 atom stereocenters. The van der Waals surface area contributed by atoms with E-state index < -0.39 is 176 Å². The van der Waals surface area contributed by atoms with Crippen LogP contribution < -0.4 is 50.7 Å². The van der Waals surface area contributed by atoms with E-state index in [0.29, 0.717) is 34.8 Å². The summed E-state index contributed by atoms with van der Waals surface area (Å²) in [5.74, 6) is -0.668. The maximum Gasteiger partial charge on any atom is 0.330 e. The number of nitrogens with two attached hydrogens (primary N) is 1. The van der Waals surface area contributed by atoms with Gasteiger partial charge in [-0.05, 0) is 133 Å². The molecule has 8 rings (SSSR count). The number of hydrogen-bond donors (Lipinski definition) is 14. The van der Waals surface area contributed by atoms with Crippen LogP contribution in [-0.2, 0) is 18.9 Å². The molecule has 0 saturated carbocycles. The van der Waals surface area contributed by atoms with E-state index in [1.54, 1.807) is 35.6 Å². The van der Waals surface area contributed by atoms with Crippen molar-refractivity contribution in [3.05, 3.63) is 129 Å². The minimum absolute atomic E-state index is 0.212. The van der Waals surface area contributed by atoms with Crippen molar-refractivity contribution >= 4 is 81.4 Å². The summed E-state index contributed by atoms with van der Waals surface area (Å²) in [6, 6.07) is 0. The van der Waals surface area contributed by atoms with Gasteiger partial charge in [0.05, 0.1) is 39.7 Å². The normalized spacial score (nSPS) is 28.5. The summed E-state index contributed by atoms with van der Waals surface area (Å²) in [5.41, 5.74) is 0.590. The number of rotatable bonds is 18. The Morgan fingerprint density at radius 3 is 1.08 bits per heavy atom. The Morgan fingerprint density at radius 2 is 0.747 bits per heavy atom. The average Bonchev–Trinajstić information content (AvgIpc) is 1.73. The van der Waals surface area contributed by atoms with Crippen LogP contribution in [0, 0.1) is 10.5 Å². The van der Waals surface area contributed by atoms with Crippen LogP contribution in [-0.4, -0.2) is 267 Å². The number of ether oxygens (including phenoxy) is 4. The van der Waals surface area contributed by atoms with E-state index in [0.717, 1.165) is 49.1 Å². The van der Waals surface area contributed by atoms with Gasteiger partial charge in [-0.15, -0.1) is 52.7 Å². The molecule has 30 nitrogen and oxygen atoms in total. The zero-order valence-corrected chi connectivity index (χ0v) is 58.1. The molecule has 4 aromatic heterocycles. The standard InChI is InChI=1S/C16H26N3O5P.C14H23N2O5P.C13H20IN2O5P.C13H21N2O6P/c1-25(2,3)8-6-11-12(20)13(21)15(24-11)19-9-10(5-4-7-17)14(22)18-16(19)23;1-8-7-16(14(20)15-12(8)19)13-11(18)10(17)9(21-13)5-6-22(2,3)4;1-22(2,3)5-4-8-9(17)10(18)12(21-8)16-6-7(14)11(19)15-13(16)20;1-22(2,3)5-4-8-9(17)10(18)12(21-8)15-6-7(16)11(19)14-13(15)20/h4-5,9,11-13,15,20-21H,1,6-8,17H2,2-3H3,(H,18,22,23);7,9-11,13,17-18H,2,5-6H2,1,3-4H3,(H,15,19,20);6,8-10,12,17-18H,1,4-5H2,2-3H3,(H,15,19,20);6,8-10,12,16-18H,1,4-5H2,2-3H3,(H,14,19,20)/b5-4+;;;/t11-,12-,13-,15-;9-,10-,11-,13-;2*8-,9-,10-,12-/m1111/s1. The second-order valence-corrected chi connectivity index (χ2v) is 44.1. The third kappa shape index (κ3) is 21.3. The number of aromatic amines is 4. The van der Waals surface area contributed by atoms with Gasteiger partial charge in [-0.3, -0.25) is 57.4 Å². The number of aliphatic hydroxyl groups is 8. The topological polar surface area (TPSA) is 464 Å². The van der Waals surface area contributed by atoms with Gasteiger partial charge in [0.1, 0.15) is 48.8 Å². The minimum atomic E-state index is -1.33. The van der Waals surface area contributed by atoms with Gasteiger partial charge in [0, 0.05) is 30.7 Å². The van der Waals surface area contributed by atoms with Crippen LogP contribution in [0.2, 0.25) is 0 Å². The molecular weight excluding hydrogens is 1390 g/mol. The fourth-order valence-corrected chi connectivity index (χ4v) is 14.0. The molecule has 0 aliphatic carbocycles. The van der Waals surface area contributed by atoms with Gasteiger partial charge in [0.2, 0.25) is 0 Å². The highest BCUT2D eigenvalue weighted by molar-refractivity contribution is 14.1. The van der Waals surface area contributed by atoms with E-state index in [-0.39, 0.29) is 12.1 Å². The van der Waals surface area contributed by atoms with Crippen molar-refractivity contribution in [3.8, 4) is 5.75 Å². The third-order valence-corrected chi connectivity index (χ3v) is 21.6. The van der Waals surface area contributed by atoms with Crippen LogP contribution >= 0.6 is 50.1 Å². The number of hydrogen-bond acceptors (Lipinski definition) is 22. The van der Waals surface area contributed by atoms with Gasteiger partial charge in [-0.1, -0.05) is 12.2 Å². The van der Waals surface area contributed by atoms with Crippen LogP contribution in [0.5, 0.6) is 5.75 Å². The molecule has 0 aromatic carbocycles. The molecule has 0 spiro atoms. The molecule has 35 heteroatoms. The van der Waals surface area contributed by atoms with Crippen molar-refractivity contribution in [2.45, 2.75) is 131 Å². The van der Waals surface area contributed by atoms with Gasteiger partial charge in [0.25, 0.3) is 22.2 Å². The molecule has 4 aliphatic heterocycles. The first-order chi connectivity index (χ1) is 41.9. The van der Waals surface area contributed by atoms with Gasteiger partial charge in [-0.2, -0.15) is 0 Å². The maximum absolute atomic E-state index is 12.1. The summed E-state index contributed by atoms with van der Waals surface area (Å²) in [5, 5.41) is 90.7. The summed E-state index contributed by atoms with van der Waals surface area (Å²) in [6.07, 6.45) is 13.6. The van der Waals surface area contributed by atoms with Crippen LogP contribution in [0.1, 0.15) is 61.7 Å². The SMILES string of the molecule is C=P(C)(C)CC[C@H]1O[C@@H](n2cc(/C=C/CN)c(=O)[nH]c2=O)[C@H](O)[C@@H]1O.C=P(C)(C)CC[C@H]1O[C@@H](n2cc(C)c(=O)[nH]c2=O)[C@H](O)[C@@H]1O.C=P(C)(C)CC[C@H]1O[C@@H](n2cc(I)c(=O)[nH]c2=O)[C@H](O)[C@@H]1O.C=P(C)(C)CC[C@H]1O[C@@H](n2cc(O)c(=O)[nH]c2=O)[C@H](O)[C@@H]1O. The number of nitrogens with zero attached hydrogens (tertiary/aromatic N) is 4. The molecule has 0 unspecified atom stereocenters. The van der Waals surface area contributed by atoms with E-state index in [4.69, 9.17) is 24.7 Å². The molecule has 0 amide bonds. The first-order valence-electron chi connectivity index (χ1n) is 28.8. The second-order valence-electron chi connectivity index (χ2n) is 25.7. The van der Waals surface area contributed by atoms with Crippen molar-refractivity contribution in [1.82, 2.24) is 38.2 Å². The summed E-state index contributed by atoms with van der Waals surface area (Å²) in [6.45, 7) is 13.2. The first-order valence-corrected chi connectivity index (χ1v) is 42.1. The van der Waals surface area contributed by atoms with Crippen molar-refractivity contribution in [3.63, 3.8) is 0 Å². The number of halogens is 1. The number of aryl methyl sites for hydroxylation is 1. The van der Waals surface area contributed by atoms with Gasteiger partial charge in [0.15, 0.2) is 30.7 Å². The molecule has 4 aromatic rings. The molecule has 512 valence electrons. The summed E-state index contributed by atoms with van der Waals surface area (Å²) in [4.78, 5) is 102. The highest BCUT2D eigenvalue weighted by atomic mass is 127. The zero-order chi connectivity index (χ0) is 68.7. The van der Waals surface area contributed by atoms with E-state index in [9.17, 15) is 84.3 Å². The van der Waals surface area contributed by atoms with Crippen molar-refractivity contribution < 1.29 is 64.9 Å². The van der Waals surface area contributed by atoms with E-state index in [2.05, 4.69) is 80.1 Å². The smallest absolute Gasteiger partial charge is 0.330 e. The van der Waals surface area contributed by atoms with Gasteiger partial charge >= 0.3 is 22.8 Å². The highest BCUT2D eigenvalue weighted by Gasteiger charge is 2.47. The molecule has 4 aliphatic rings. The van der Waals surface area contributed by atoms with Crippen molar-refractivity contribution in [1.29, 1.82) is 0 Å². The van der Waals surface area contributed by atoms with Crippen LogP contribution in [0.15, 0.2) is 69.2 Å². The molecule has 4 saturated heterocycles. The Labute approximate surface area is 537 Å². The van der Waals surface area contributed by atoms with E-state index in [1.807, 2.05) is 18.3 Å². The van der Waals surface area contributed by atoms with Crippen LogP contribution in [0.3, 0.4) is 0 Å². The lowest BCUT2D eigenvalue weighted by atomic mass is 10.1. The molecule has 4 fully saturated rings. The Bertz CT molecular complexity index is 3620. The fourth-order valence-electron chi connectivity index (χ4n) is 9.79. The Kier molecular flexibility index (Phi) is 27.2. The lowest BCUT2D eigenvalue weighted by Crippen LogP contribution is -2.38. The molecule has 8 heterocycles. The second kappa shape index (κ2) is 31.9. The quantitative estimate of drug-likeness (QED) is 0.0365. The lowest BCUT2D eigenvalue weighted by Gasteiger charge is -2.19. The van der Waals surface area contributed by atoms with Crippen LogP contribution in [0.25, 0.3) is 6.08 Å². The summed E-state index contributed by atoms with van der Waals surface area (Å²) in [7, 11) is 0. The third-order valence-electron chi connectivity index (χ3n) is 15.0. The fraction of sp³-hybridized carbons (Fsp3) is 0.607. The maximum atomic E-state index is 12.1. The van der Waals surface area contributed by atoms with Crippen LogP contribution in [0.4, 0.5) is 0 Å². The average molecular weight is 1480 g/mol. The summed E-state index contributed by atoms with van der Waals surface area (Å²) < 4.78 is 27.1. The number of H-pyrrole nitrogens is 4. The summed E-state index contributed by atoms with van der Waals surface area (Å²) >= 11 is 1.79. The predicted octanol–water partition coefficient (Wildman–Crippen LogP) is -2.39. The Morgan fingerprint density at radius 1 is 0.462 bits per heavy atom. The Balaban J connectivity index is 0.000000221. The predicted molar refractivity (Wildman–Crippen MR) is 368 cm³/mol. The highest BCUT2D eigenvalue weighted by Crippen LogP contribution is 2.43. The molecule has 0 bridgehead atoms. The van der Waals surface area contributed by atoms with Gasteiger partial charge in [-0.25, -0.2) is 19.2 Å². The molecule has 0 radical (unpaired) electrons. The number of aromatic nitrogens is 8. The number of nitrogens with one attached hydrogen (secondary N) is 4. The van der Waals surface area contributed by atoms with Crippen molar-refractivity contribution in [2.75, 3.05) is 84.5 Å². The van der Waals surface area contributed by atoms with E-state index in [1.165, 1.54) is 24.7 Å². The lowest BCUT2D eigenvalue weighted by molar-refractivity contribution is -0.0405. The monoisotopic (exact) mass is 1480 g/mol. The van der Waals surface area contributed by atoms with Crippen molar-refractivity contribution in [2.24, 2.45) is 5.73 Å².